The molecule has 0 atom stereocenters. The molecule has 1 aliphatic heterocycles. The summed E-state index contributed by atoms with van der Waals surface area (Å²) in [7, 11) is 0. The molecule has 168 valence electrons. The third kappa shape index (κ3) is 8.03. The Kier molecular flexibility index (Phi) is 8.58. The van der Waals surface area contributed by atoms with E-state index in [4.69, 9.17) is 19.8 Å². The zero-order valence-corrected chi connectivity index (χ0v) is 17.1. The molecule has 0 unspecified atom stereocenters. The second kappa shape index (κ2) is 10.9. The number of rotatable bonds is 4. The minimum Gasteiger partial charge on any atom is -0.473 e. The molecule has 0 radical (unpaired) electrons. The van der Waals surface area contributed by atoms with Crippen molar-refractivity contribution in [3.05, 3.63) is 70.8 Å². The minimum atomic E-state index is -4.29. The number of carboxylic acid groups (broad SMARTS) is 2. The fourth-order valence-corrected chi connectivity index (χ4v) is 3.23. The molecule has 9 heteroatoms. The number of nitrogens with zero attached hydrogens (tertiary/aromatic N) is 2. The Morgan fingerprint density at radius 3 is 1.81 bits per heavy atom. The SMILES string of the molecule is Cc1ccc(CN2CCN(Cc3ccccc3C(F)(F)F)CC2)cc1.O=C(O)C(=O)O. The number of alkyl halides is 3. The molecular formula is C22H25F3N2O4. The molecule has 2 aromatic rings. The van der Waals surface area contributed by atoms with Gasteiger partial charge in [-0.15, -0.1) is 0 Å². The van der Waals surface area contributed by atoms with Crippen molar-refractivity contribution in [1.82, 2.24) is 9.80 Å². The lowest BCUT2D eigenvalue weighted by molar-refractivity contribution is -0.159. The van der Waals surface area contributed by atoms with Gasteiger partial charge in [0.05, 0.1) is 5.56 Å². The molecule has 1 fully saturated rings. The molecule has 2 N–H and O–H groups in total. The number of piperazine rings is 1. The normalized spacial score (nSPS) is 15.1. The standard InChI is InChI=1S/C20H23F3N2.C2H2O4/c1-16-6-8-17(9-7-16)14-24-10-12-25(13-11-24)15-18-4-2-3-5-19(18)20(21,22)23;3-1(4)2(5)6/h2-9H,10-15H2,1H3;(H,3,4)(H,5,6). The molecule has 0 spiro atoms. The van der Waals surface area contributed by atoms with Crippen LogP contribution < -0.4 is 0 Å². The zero-order chi connectivity index (χ0) is 23.0. The number of benzene rings is 2. The summed E-state index contributed by atoms with van der Waals surface area (Å²) in [6.45, 7) is 6.66. The van der Waals surface area contributed by atoms with Crippen molar-refractivity contribution >= 4 is 11.9 Å². The lowest BCUT2D eigenvalue weighted by Gasteiger charge is -2.35. The summed E-state index contributed by atoms with van der Waals surface area (Å²) in [5.74, 6) is -3.65. The summed E-state index contributed by atoms with van der Waals surface area (Å²) in [4.78, 5) is 22.7. The number of hydrogen-bond donors (Lipinski definition) is 2. The second-order valence-corrected chi connectivity index (χ2v) is 7.30. The van der Waals surface area contributed by atoms with Gasteiger partial charge in [-0.1, -0.05) is 48.0 Å². The third-order valence-electron chi connectivity index (χ3n) is 4.89. The number of aryl methyl sites for hydroxylation is 1. The molecule has 2 aromatic carbocycles. The van der Waals surface area contributed by atoms with Crippen molar-refractivity contribution in [1.29, 1.82) is 0 Å². The first-order chi connectivity index (χ1) is 14.6. The van der Waals surface area contributed by atoms with Crippen LogP contribution in [0.3, 0.4) is 0 Å². The van der Waals surface area contributed by atoms with Crippen molar-refractivity contribution in [2.75, 3.05) is 26.2 Å². The molecule has 31 heavy (non-hydrogen) atoms. The van der Waals surface area contributed by atoms with E-state index < -0.39 is 23.7 Å². The van der Waals surface area contributed by atoms with Crippen LogP contribution in [0.4, 0.5) is 13.2 Å². The molecule has 0 saturated carbocycles. The largest absolute Gasteiger partial charge is 0.473 e. The van der Waals surface area contributed by atoms with Crippen LogP contribution in [0, 0.1) is 6.92 Å². The van der Waals surface area contributed by atoms with Gasteiger partial charge < -0.3 is 10.2 Å². The van der Waals surface area contributed by atoms with Gasteiger partial charge in [-0.3, -0.25) is 9.80 Å². The van der Waals surface area contributed by atoms with Gasteiger partial charge in [-0.2, -0.15) is 13.2 Å². The number of carboxylic acids is 2. The van der Waals surface area contributed by atoms with E-state index in [2.05, 4.69) is 41.0 Å². The summed E-state index contributed by atoms with van der Waals surface area (Å²) in [5, 5.41) is 14.8. The zero-order valence-electron chi connectivity index (χ0n) is 17.1. The molecule has 1 heterocycles. The Morgan fingerprint density at radius 1 is 0.839 bits per heavy atom. The maximum atomic E-state index is 13.1. The Hall–Kier alpha value is -2.91. The first kappa shape index (κ1) is 24.4. The summed E-state index contributed by atoms with van der Waals surface area (Å²) >= 11 is 0. The Labute approximate surface area is 178 Å². The van der Waals surface area contributed by atoms with E-state index in [0.29, 0.717) is 12.1 Å². The van der Waals surface area contributed by atoms with Gasteiger partial charge in [0.25, 0.3) is 0 Å². The second-order valence-electron chi connectivity index (χ2n) is 7.30. The van der Waals surface area contributed by atoms with Crippen LogP contribution in [0.1, 0.15) is 22.3 Å². The molecule has 0 aliphatic carbocycles. The topological polar surface area (TPSA) is 81.1 Å². The van der Waals surface area contributed by atoms with Crippen LogP contribution in [-0.4, -0.2) is 58.1 Å². The molecule has 1 saturated heterocycles. The van der Waals surface area contributed by atoms with Crippen LogP contribution in [0.25, 0.3) is 0 Å². The molecule has 0 aromatic heterocycles. The van der Waals surface area contributed by atoms with Crippen molar-refractivity contribution in [2.45, 2.75) is 26.2 Å². The molecule has 0 bridgehead atoms. The van der Waals surface area contributed by atoms with Crippen LogP contribution in [-0.2, 0) is 28.9 Å². The van der Waals surface area contributed by atoms with Crippen LogP contribution in [0.15, 0.2) is 48.5 Å². The monoisotopic (exact) mass is 438 g/mol. The number of hydrogen-bond acceptors (Lipinski definition) is 4. The average molecular weight is 438 g/mol. The average Bonchev–Trinajstić information content (AvgIpc) is 2.71. The molecule has 3 rings (SSSR count). The lowest BCUT2D eigenvalue weighted by atomic mass is 10.1. The highest BCUT2D eigenvalue weighted by atomic mass is 19.4. The Bertz CT molecular complexity index is 865. The van der Waals surface area contributed by atoms with E-state index >= 15 is 0 Å². The van der Waals surface area contributed by atoms with Crippen molar-refractivity contribution < 1.29 is 33.0 Å². The van der Waals surface area contributed by atoms with Gasteiger partial charge in [0.2, 0.25) is 0 Å². The van der Waals surface area contributed by atoms with Crippen LogP contribution in [0.2, 0.25) is 0 Å². The maximum absolute atomic E-state index is 13.1. The first-order valence-electron chi connectivity index (χ1n) is 9.68. The lowest BCUT2D eigenvalue weighted by Crippen LogP contribution is -2.45. The Morgan fingerprint density at radius 2 is 1.32 bits per heavy atom. The first-order valence-corrected chi connectivity index (χ1v) is 9.68. The maximum Gasteiger partial charge on any atom is 0.416 e. The van der Waals surface area contributed by atoms with Crippen LogP contribution in [0.5, 0.6) is 0 Å². The summed E-state index contributed by atoms with van der Waals surface area (Å²) in [6.07, 6.45) is -4.29. The fourth-order valence-electron chi connectivity index (χ4n) is 3.23. The van der Waals surface area contributed by atoms with E-state index in [-0.39, 0.29) is 0 Å². The Balaban J connectivity index is 0.000000501. The number of halogens is 3. The molecule has 0 amide bonds. The van der Waals surface area contributed by atoms with Crippen molar-refractivity contribution in [3.63, 3.8) is 0 Å². The van der Waals surface area contributed by atoms with Gasteiger partial charge in [0.15, 0.2) is 0 Å². The molecule has 1 aliphatic rings. The van der Waals surface area contributed by atoms with E-state index in [0.717, 1.165) is 32.7 Å². The highest BCUT2D eigenvalue weighted by Gasteiger charge is 2.33. The van der Waals surface area contributed by atoms with E-state index in [1.165, 1.54) is 23.3 Å². The van der Waals surface area contributed by atoms with Crippen molar-refractivity contribution in [2.24, 2.45) is 0 Å². The predicted octanol–water partition coefficient (Wildman–Crippen LogP) is 3.49. The van der Waals surface area contributed by atoms with E-state index in [1.807, 2.05) is 0 Å². The smallest absolute Gasteiger partial charge is 0.416 e. The summed E-state index contributed by atoms with van der Waals surface area (Å²) < 4.78 is 39.3. The summed E-state index contributed by atoms with van der Waals surface area (Å²) in [5.41, 5.74) is 2.37. The van der Waals surface area contributed by atoms with Gasteiger partial charge in [-0.25, -0.2) is 9.59 Å². The molecule has 6 nitrogen and oxygen atoms in total. The highest BCUT2D eigenvalue weighted by Crippen LogP contribution is 2.32. The number of carbonyl (C=O) groups is 2. The van der Waals surface area contributed by atoms with Crippen LogP contribution >= 0.6 is 0 Å². The van der Waals surface area contributed by atoms with Gasteiger partial charge in [0.1, 0.15) is 0 Å². The van der Waals surface area contributed by atoms with Gasteiger partial charge in [-0.05, 0) is 24.1 Å². The fraction of sp³-hybridized carbons (Fsp3) is 0.364. The molecular weight excluding hydrogens is 413 g/mol. The van der Waals surface area contributed by atoms with E-state index in [9.17, 15) is 13.2 Å². The summed E-state index contributed by atoms with van der Waals surface area (Å²) in [6, 6.07) is 14.4. The predicted molar refractivity (Wildman–Crippen MR) is 108 cm³/mol. The van der Waals surface area contributed by atoms with Gasteiger partial charge in [0, 0.05) is 39.3 Å². The number of aliphatic carboxylic acids is 2. The minimum absolute atomic E-state index is 0.355. The quantitative estimate of drug-likeness (QED) is 0.712. The third-order valence-corrected chi connectivity index (χ3v) is 4.89. The van der Waals surface area contributed by atoms with Gasteiger partial charge >= 0.3 is 18.1 Å². The van der Waals surface area contributed by atoms with E-state index in [1.54, 1.807) is 12.1 Å². The van der Waals surface area contributed by atoms with Crippen molar-refractivity contribution in [3.8, 4) is 0 Å². The highest BCUT2D eigenvalue weighted by molar-refractivity contribution is 6.27.